The van der Waals surface area contributed by atoms with Crippen LogP contribution in [0.2, 0.25) is 0 Å². The molecular weight excluding hydrogens is 322 g/mol. The van der Waals surface area contributed by atoms with E-state index in [2.05, 4.69) is 6.92 Å². The van der Waals surface area contributed by atoms with E-state index in [9.17, 15) is 5.11 Å². The van der Waals surface area contributed by atoms with Gasteiger partial charge in [-0.05, 0) is 47.9 Å². The first kappa shape index (κ1) is 19.1. The van der Waals surface area contributed by atoms with Crippen molar-refractivity contribution in [2.75, 3.05) is 6.61 Å². The van der Waals surface area contributed by atoms with Crippen molar-refractivity contribution in [3.8, 4) is 11.8 Å². The highest BCUT2D eigenvalue weighted by atomic mass is 16.5. The van der Waals surface area contributed by atoms with Gasteiger partial charge in [0.1, 0.15) is 11.5 Å². The fourth-order valence-electron chi connectivity index (χ4n) is 2.31. The average molecular weight is 345 g/mol. The first-order valence-corrected chi connectivity index (χ1v) is 8.69. The summed E-state index contributed by atoms with van der Waals surface area (Å²) in [4.78, 5) is 0. The van der Waals surface area contributed by atoms with Crippen LogP contribution in [0.25, 0.3) is 12.2 Å². The number of rotatable bonds is 8. The van der Waals surface area contributed by atoms with Crippen molar-refractivity contribution in [1.29, 1.82) is 5.26 Å². The van der Waals surface area contributed by atoms with Crippen LogP contribution in [0, 0.1) is 11.3 Å². The van der Waals surface area contributed by atoms with E-state index in [1.165, 1.54) is 6.08 Å². The predicted molar refractivity (Wildman–Crippen MR) is 106 cm³/mol. The molecule has 2 rings (SSSR count). The number of hydrogen-bond acceptors (Lipinski definition) is 3. The number of ether oxygens (including phenoxy) is 1. The molecule has 0 amide bonds. The molecule has 0 saturated heterocycles. The molecule has 2 aromatic carbocycles. The van der Waals surface area contributed by atoms with Gasteiger partial charge in [-0.15, -0.1) is 0 Å². The molecule has 0 radical (unpaired) electrons. The molecule has 26 heavy (non-hydrogen) atoms. The van der Waals surface area contributed by atoms with E-state index < -0.39 is 0 Å². The second kappa shape index (κ2) is 10.6. The second-order valence-electron chi connectivity index (χ2n) is 5.77. The molecule has 0 atom stereocenters. The van der Waals surface area contributed by atoms with Crippen LogP contribution in [0.3, 0.4) is 0 Å². The maximum absolute atomic E-state index is 9.47. The van der Waals surface area contributed by atoms with E-state index in [-0.39, 0.29) is 5.75 Å². The summed E-state index contributed by atoms with van der Waals surface area (Å²) in [6.45, 7) is 2.73. The zero-order valence-corrected chi connectivity index (χ0v) is 14.9. The maximum atomic E-state index is 9.47. The molecule has 3 nitrogen and oxygen atoms in total. The number of allylic oxidation sites excluding steroid dienone is 2. The Hall–Kier alpha value is -3.25. The molecule has 0 spiro atoms. The third kappa shape index (κ3) is 6.33. The fourth-order valence-corrected chi connectivity index (χ4v) is 2.31. The summed E-state index contributed by atoms with van der Waals surface area (Å²) in [6.07, 6.45) is 9.10. The number of nitrogens with zero attached hydrogens (tertiary/aromatic N) is 1. The number of aromatic hydroxyl groups is 1. The zero-order chi connectivity index (χ0) is 18.6. The van der Waals surface area contributed by atoms with Gasteiger partial charge in [0.25, 0.3) is 0 Å². The Morgan fingerprint density at radius 2 is 1.73 bits per heavy atom. The third-order valence-electron chi connectivity index (χ3n) is 3.69. The number of hydrogen-bond donors (Lipinski definition) is 1. The predicted octanol–water partition coefficient (Wildman–Crippen LogP) is 5.71. The van der Waals surface area contributed by atoms with Crippen molar-refractivity contribution in [3.63, 3.8) is 0 Å². The summed E-state index contributed by atoms with van der Waals surface area (Å²) in [5.74, 6) is 0.930. The summed E-state index contributed by atoms with van der Waals surface area (Å²) >= 11 is 0. The van der Waals surface area contributed by atoms with Crippen LogP contribution >= 0.6 is 0 Å². The van der Waals surface area contributed by atoms with E-state index in [0.717, 1.165) is 29.5 Å². The lowest BCUT2D eigenvalue weighted by molar-refractivity contribution is 0.219. The number of unbranched alkanes of at least 4 members (excludes halogenated alkanes) is 1. The van der Waals surface area contributed by atoms with Crippen LogP contribution < -0.4 is 0 Å². The largest absolute Gasteiger partial charge is 0.508 e. The average Bonchev–Trinajstić information content (AvgIpc) is 2.67. The van der Waals surface area contributed by atoms with Crippen LogP contribution in [0.5, 0.6) is 5.75 Å². The number of nitriles is 1. The van der Waals surface area contributed by atoms with Crippen molar-refractivity contribution in [2.45, 2.75) is 19.8 Å². The van der Waals surface area contributed by atoms with Crippen LogP contribution in [0.15, 0.2) is 78.1 Å². The van der Waals surface area contributed by atoms with Gasteiger partial charge in [-0.1, -0.05) is 55.8 Å². The normalized spacial score (nSPS) is 12.2. The number of benzene rings is 2. The van der Waals surface area contributed by atoms with E-state index in [0.29, 0.717) is 12.4 Å². The second-order valence-corrected chi connectivity index (χ2v) is 5.77. The van der Waals surface area contributed by atoms with Gasteiger partial charge in [-0.25, -0.2) is 0 Å². The monoisotopic (exact) mass is 345 g/mol. The number of phenolic OH excluding ortho intramolecular Hbond substituents is 1. The van der Waals surface area contributed by atoms with Crippen LogP contribution in [-0.4, -0.2) is 11.7 Å². The standard InChI is InChI=1S/C23H23NO2/c1-2-3-16-26-23(18-19-8-5-4-6-9-19)21(10-7-15-24)17-20-11-13-22(25)14-12-20/h4-14,17-18,25H,2-3,16H2,1H3. The molecule has 0 saturated carbocycles. The van der Waals surface area contributed by atoms with Crippen molar-refractivity contribution in [2.24, 2.45) is 0 Å². The summed E-state index contributed by atoms with van der Waals surface area (Å²) < 4.78 is 6.02. The van der Waals surface area contributed by atoms with Gasteiger partial charge < -0.3 is 9.84 Å². The quantitative estimate of drug-likeness (QED) is 0.288. The number of phenols is 1. The van der Waals surface area contributed by atoms with Gasteiger partial charge in [0.15, 0.2) is 0 Å². The summed E-state index contributed by atoms with van der Waals surface area (Å²) in [7, 11) is 0. The van der Waals surface area contributed by atoms with Gasteiger partial charge in [0, 0.05) is 11.6 Å². The minimum Gasteiger partial charge on any atom is -0.508 e. The maximum Gasteiger partial charge on any atom is 0.127 e. The molecular formula is C23H23NO2. The zero-order valence-electron chi connectivity index (χ0n) is 14.9. The fraction of sp³-hybridized carbons (Fsp3) is 0.174. The summed E-state index contributed by atoms with van der Waals surface area (Å²) in [6, 6.07) is 18.9. The molecule has 3 heteroatoms. The molecule has 2 aromatic rings. The van der Waals surface area contributed by atoms with Crippen molar-refractivity contribution < 1.29 is 9.84 Å². The Morgan fingerprint density at radius 3 is 2.38 bits per heavy atom. The smallest absolute Gasteiger partial charge is 0.127 e. The van der Waals surface area contributed by atoms with E-state index >= 15 is 0 Å². The Kier molecular flexibility index (Phi) is 7.76. The van der Waals surface area contributed by atoms with Gasteiger partial charge in [-0.3, -0.25) is 0 Å². The molecule has 0 aliphatic heterocycles. The summed E-state index contributed by atoms with van der Waals surface area (Å²) in [5.41, 5.74) is 2.75. The topological polar surface area (TPSA) is 53.2 Å². The van der Waals surface area contributed by atoms with Crippen LogP contribution in [-0.2, 0) is 4.74 Å². The SMILES string of the molecule is CCCCOC(=Cc1ccccc1)C(C=CC#N)=Cc1ccc(O)cc1. The van der Waals surface area contributed by atoms with E-state index in [1.807, 2.05) is 60.7 Å². The minimum atomic E-state index is 0.218. The molecule has 0 aliphatic rings. The highest BCUT2D eigenvalue weighted by Gasteiger charge is 2.06. The lowest BCUT2D eigenvalue weighted by Gasteiger charge is -2.12. The van der Waals surface area contributed by atoms with E-state index in [4.69, 9.17) is 10.00 Å². The Labute approximate surface area is 155 Å². The molecule has 1 N–H and O–H groups in total. The Bertz CT molecular complexity index is 810. The Balaban J connectivity index is 2.43. The van der Waals surface area contributed by atoms with Crippen LogP contribution in [0.4, 0.5) is 0 Å². The first-order chi connectivity index (χ1) is 12.7. The lowest BCUT2D eigenvalue weighted by Crippen LogP contribution is -1.98. The Morgan fingerprint density at radius 1 is 1.04 bits per heavy atom. The molecule has 132 valence electrons. The van der Waals surface area contributed by atoms with Gasteiger partial charge >= 0.3 is 0 Å². The third-order valence-corrected chi connectivity index (χ3v) is 3.69. The molecule has 0 unspecified atom stereocenters. The highest BCUT2D eigenvalue weighted by molar-refractivity contribution is 5.67. The van der Waals surface area contributed by atoms with Gasteiger partial charge in [-0.2, -0.15) is 5.26 Å². The minimum absolute atomic E-state index is 0.218. The van der Waals surface area contributed by atoms with Crippen molar-refractivity contribution >= 4 is 12.2 Å². The molecule has 0 aromatic heterocycles. The van der Waals surface area contributed by atoms with E-state index in [1.54, 1.807) is 18.2 Å². The van der Waals surface area contributed by atoms with Crippen molar-refractivity contribution in [3.05, 3.63) is 89.2 Å². The molecule has 0 fully saturated rings. The van der Waals surface area contributed by atoms with Gasteiger partial charge in [0.2, 0.25) is 0 Å². The molecule has 0 bridgehead atoms. The van der Waals surface area contributed by atoms with Crippen molar-refractivity contribution in [1.82, 2.24) is 0 Å². The first-order valence-electron chi connectivity index (χ1n) is 8.69. The molecule has 0 aliphatic carbocycles. The van der Waals surface area contributed by atoms with Gasteiger partial charge in [0.05, 0.1) is 12.7 Å². The lowest BCUT2D eigenvalue weighted by atomic mass is 10.1. The molecule has 0 heterocycles. The highest BCUT2D eigenvalue weighted by Crippen LogP contribution is 2.22. The van der Waals surface area contributed by atoms with Crippen LogP contribution in [0.1, 0.15) is 30.9 Å². The summed E-state index contributed by atoms with van der Waals surface area (Å²) in [5, 5.41) is 18.4.